The molecule has 0 bridgehead atoms. The third kappa shape index (κ3) is 8.07. The first-order chi connectivity index (χ1) is 14.0. The van der Waals surface area contributed by atoms with Crippen LogP contribution >= 0.6 is 0 Å². The van der Waals surface area contributed by atoms with Gasteiger partial charge in [-0.1, -0.05) is 42.5 Å². The van der Waals surface area contributed by atoms with Gasteiger partial charge in [-0.05, 0) is 31.7 Å². The van der Waals surface area contributed by atoms with Crippen LogP contribution in [0.2, 0.25) is 0 Å². The highest BCUT2D eigenvalue weighted by molar-refractivity contribution is 5.86. The second-order valence-electron chi connectivity index (χ2n) is 7.34. The predicted octanol–water partition coefficient (Wildman–Crippen LogP) is 1.36. The lowest BCUT2D eigenvalue weighted by molar-refractivity contribution is -0.148. The van der Waals surface area contributed by atoms with Crippen molar-refractivity contribution >= 4 is 17.8 Å². The van der Waals surface area contributed by atoms with Crippen LogP contribution < -0.4 is 10.6 Å². The number of rotatable bonds is 6. The van der Waals surface area contributed by atoms with Crippen molar-refractivity contribution in [1.82, 2.24) is 10.6 Å². The normalized spacial score (nSPS) is 21.9. The first kappa shape index (κ1) is 22.6. The molecule has 2 rings (SSSR count). The largest absolute Gasteiger partial charge is 0.464 e. The topological polar surface area (TPSA) is 105 Å². The number of ether oxygens (including phenoxy) is 1. The van der Waals surface area contributed by atoms with Crippen LogP contribution in [0.4, 0.5) is 0 Å². The van der Waals surface area contributed by atoms with Crippen molar-refractivity contribution in [2.24, 2.45) is 11.8 Å². The van der Waals surface area contributed by atoms with E-state index in [-0.39, 0.29) is 55.9 Å². The summed E-state index contributed by atoms with van der Waals surface area (Å²) in [6, 6.07) is 9.42. The van der Waals surface area contributed by atoms with Gasteiger partial charge < -0.3 is 20.5 Å². The van der Waals surface area contributed by atoms with Crippen LogP contribution in [0.3, 0.4) is 0 Å². The van der Waals surface area contributed by atoms with Gasteiger partial charge in [0.1, 0.15) is 6.61 Å². The van der Waals surface area contributed by atoms with Gasteiger partial charge in [-0.2, -0.15) is 0 Å². The lowest BCUT2D eigenvalue weighted by atomic mass is 9.94. The molecular weight excluding hydrogens is 372 g/mol. The van der Waals surface area contributed by atoms with E-state index < -0.39 is 5.92 Å². The van der Waals surface area contributed by atoms with Gasteiger partial charge in [-0.15, -0.1) is 0 Å². The van der Waals surface area contributed by atoms with Gasteiger partial charge in [-0.25, -0.2) is 0 Å². The number of nitrogens with one attached hydrogen (secondary N) is 2. The van der Waals surface area contributed by atoms with Crippen molar-refractivity contribution in [2.45, 2.75) is 38.6 Å². The predicted molar refractivity (Wildman–Crippen MR) is 109 cm³/mol. The number of cyclic esters (lactones) is 1. The molecule has 3 N–H and O–H groups in total. The van der Waals surface area contributed by atoms with Crippen molar-refractivity contribution in [3.63, 3.8) is 0 Å². The molecule has 1 aromatic carbocycles. The Morgan fingerprint density at radius 3 is 2.59 bits per heavy atom. The molecule has 1 aliphatic heterocycles. The van der Waals surface area contributed by atoms with Crippen molar-refractivity contribution < 1.29 is 24.2 Å². The first-order valence-electron chi connectivity index (χ1n) is 10.0. The molecule has 1 aliphatic rings. The van der Waals surface area contributed by atoms with E-state index in [1.54, 1.807) is 6.92 Å². The Morgan fingerprint density at radius 2 is 1.90 bits per heavy atom. The molecular formula is C22H30N2O5. The van der Waals surface area contributed by atoms with E-state index in [2.05, 4.69) is 10.6 Å². The van der Waals surface area contributed by atoms with Crippen LogP contribution in [0.1, 0.15) is 31.7 Å². The molecule has 158 valence electrons. The van der Waals surface area contributed by atoms with Gasteiger partial charge in [0.2, 0.25) is 11.8 Å². The van der Waals surface area contributed by atoms with Gasteiger partial charge in [0.15, 0.2) is 0 Å². The molecule has 1 heterocycles. The van der Waals surface area contributed by atoms with Gasteiger partial charge in [0, 0.05) is 12.5 Å². The molecule has 0 saturated heterocycles. The van der Waals surface area contributed by atoms with E-state index in [1.165, 1.54) is 0 Å². The lowest BCUT2D eigenvalue weighted by Crippen LogP contribution is -2.40. The summed E-state index contributed by atoms with van der Waals surface area (Å²) < 4.78 is 5.34. The molecule has 0 saturated carbocycles. The van der Waals surface area contributed by atoms with Crippen molar-refractivity contribution in [2.75, 3.05) is 19.8 Å². The maximum absolute atomic E-state index is 12.4. The summed E-state index contributed by atoms with van der Waals surface area (Å²) in [5.74, 6) is -1.61. The summed E-state index contributed by atoms with van der Waals surface area (Å²) in [5, 5.41) is 14.4. The average Bonchev–Trinajstić information content (AvgIpc) is 2.71. The van der Waals surface area contributed by atoms with Gasteiger partial charge >= 0.3 is 5.97 Å². The Kier molecular flexibility index (Phi) is 9.37. The molecule has 2 amide bonds. The highest BCUT2D eigenvalue weighted by Crippen LogP contribution is 2.17. The molecule has 0 aromatic heterocycles. The number of allylic oxidation sites excluding steroid dienone is 2. The van der Waals surface area contributed by atoms with E-state index in [9.17, 15) is 14.4 Å². The van der Waals surface area contributed by atoms with Crippen LogP contribution in [0.5, 0.6) is 0 Å². The summed E-state index contributed by atoms with van der Waals surface area (Å²) >= 11 is 0. The van der Waals surface area contributed by atoms with Crippen LogP contribution in [-0.4, -0.2) is 48.7 Å². The molecule has 0 radical (unpaired) electrons. The zero-order chi connectivity index (χ0) is 21.1. The molecule has 7 heteroatoms. The zero-order valence-corrected chi connectivity index (χ0v) is 16.8. The Bertz CT molecular complexity index is 704. The molecule has 0 aliphatic carbocycles. The standard InChI is InChI=1S/C22H30N2O5/c1-16(15-25)24-20(26)14-18-9-5-6-10-19(13-17-7-3-2-4-8-17)22(28)29-12-11-23-21(18)27/h2-8,16,18-19,25H,9-15H2,1H3,(H,23,27)(H,24,26)/t16-,18-,19-/m1/s1. The lowest BCUT2D eigenvalue weighted by Gasteiger charge is -2.19. The summed E-state index contributed by atoms with van der Waals surface area (Å²) in [4.78, 5) is 36.9. The number of esters is 1. The Hall–Kier alpha value is -2.67. The van der Waals surface area contributed by atoms with Gasteiger partial charge in [-0.3, -0.25) is 14.4 Å². The number of hydrogen-bond donors (Lipinski definition) is 3. The third-order valence-electron chi connectivity index (χ3n) is 4.80. The second kappa shape index (κ2) is 12.0. The highest BCUT2D eigenvalue weighted by Gasteiger charge is 2.23. The number of aliphatic hydroxyl groups is 1. The number of benzene rings is 1. The summed E-state index contributed by atoms with van der Waals surface area (Å²) in [5.41, 5.74) is 1.07. The fourth-order valence-electron chi connectivity index (χ4n) is 3.16. The van der Waals surface area contributed by atoms with Gasteiger partial charge in [0.25, 0.3) is 0 Å². The molecule has 0 spiro atoms. The van der Waals surface area contributed by atoms with E-state index in [0.717, 1.165) is 5.56 Å². The quantitative estimate of drug-likeness (QED) is 0.492. The SMILES string of the molecule is C[C@H](CO)NC(=O)C[C@H]1CC=CC[C@H](Cc2ccccc2)C(=O)OCCNC1=O. The Balaban J connectivity index is 2.02. The third-order valence-corrected chi connectivity index (χ3v) is 4.80. The van der Waals surface area contributed by atoms with Crippen LogP contribution in [-0.2, 0) is 25.5 Å². The van der Waals surface area contributed by atoms with E-state index >= 15 is 0 Å². The highest BCUT2D eigenvalue weighted by atomic mass is 16.5. The minimum absolute atomic E-state index is 0.0355. The summed E-state index contributed by atoms with van der Waals surface area (Å²) in [6.45, 7) is 1.84. The molecule has 3 atom stereocenters. The maximum atomic E-state index is 12.4. The van der Waals surface area contributed by atoms with Gasteiger partial charge in [0.05, 0.1) is 25.0 Å². The summed E-state index contributed by atoms with van der Waals surface area (Å²) in [6.07, 6.45) is 5.26. The second-order valence-corrected chi connectivity index (χ2v) is 7.34. The average molecular weight is 402 g/mol. The summed E-state index contributed by atoms with van der Waals surface area (Å²) in [7, 11) is 0. The van der Waals surface area contributed by atoms with Crippen molar-refractivity contribution in [3.05, 3.63) is 48.0 Å². The fraction of sp³-hybridized carbons (Fsp3) is 0.500. The Labute approximate surface area is 171 Å². The van der Waals surface area contributed by atoms with Crippen LogP contribution in [0.25, 0.3) is 0 Å². The number of carbonyl (C=O) groups excluding carboxylic acids is 3. The fourth-order valence-corrected chi connectivity index (χ4v) is 3.16. The smallest absolute Gasteiger partial charge is 0.309 e. The first-order valence-corrected chi connectivity index (χ1v) is 10.0. The van der Waals surface area contributed by atoms with Crippen molar-refractivity contribution in [1.29, 1.82) is 0 Å². The molecule has 0 fully saturated rings. The van der Waals surface area contributed by atoms with Crippen LogP contribution in [0.15, 0.2) is 42.5 Å². The molecule has 7 nitrogen and oxygen atoms in total. The number of aliphatic hydroxyl groups excluding tert-OH is 1. The van der Waals surface area contributed by atoms with E-state index in [1.807, 2.05) is 42.5 Å². The molecule has 0 unspecified atom stereocenters. The molecule has 29 heavy (non-hydrogen) atoms. The monoisotopic (exact) mass is 402 g/mol. The minimum atomic E-state index is -0.514. The molecule has 1 aromatic rings. The van der Waals surface area contributed by atoms with Crippen molar-refractivity contribution in [3.8, 4) is 0 Å². The number of hydrogen-bond acceptors (Lipinski definition) is 5. The number of amides is 2. The van der Waals surface area contributed by atoms with E-state index in [4.69, 9.17) is 9.84 Å². The number of carbonyl (C=O) groups is 3. The zero-order valence-electron chi connectivity index (χ0n) is 16.8. The van der Waals surface area contributed by atoms with E-state index in [0.29, 0.717) is 19.3 Å². The van der Waals surface area contributed by atoms with Crippen LogP contribution in [0, 0.1) is 11.8 Å². The maximum Gasteiger partial charge on any atom is 0.309 e. The minimum Gasteiger partial charge on any atom is -0.464 e. The Morgan fingerprint density at radius 1 is 1.21 bits per heavy atom.